The molecule has 20 heavy (non-hydrogen) atoms. The van der Waals surface area contributed by atoms with Crippen molar-refractivity contribution in [3.05, 3.63) is 48.6 Å². The molecule has 1 aliphatic heterocycles. The van der Waals surface area contributed by atoms with Crippen LogP contribution in [0.5, 0.6) is 5.75 Å². The molecule has 0 unspecified atom stereocenters. The van der Waals surface area contributed by atoms with Gasteiger partial charge < -0.3 is 15.0 Å². The Hall–Kier alpha value is -2.07. The van der Waals surface area contributed by atoms with Crippen molar-refractivity contribution in [2.45, 2.75) is 0 Å². The lowest BCUT2D eigenvalue weighted by molar-refractivity contribution is -0.126. The highest BCUT2D eigenvalue weighted by atomic mass is 16.5. The SMILES string of the molecule is C=CCOc1ccc(C=CC(=O)N2CCNCC2)cc1. The van der Waals surface area contributed by atoms with Crippen LogP contribution in [0.3, 0.4) is 0 Å². The molecule has 1 heterocycles. The second-order valence-corrected chi connectivity index (χ2v) is 4.58. The number of rotatable bonds is 5. The maximum Gasteiger partial charge on any atom is 0.246 e. The molecule has 1 saturated heterocycles. The zero-order valence-electron chi connectivity index (χ0n) is 11.5. The van der Waals surface area contributed by atoms with Crippen LogP contribution in [-0.4, -0.2) is 43.6 Å². The Morgan fingerprint density at radius 3 is 2.65 bits per heavy atom. The Labute approximate surface area is 119 Å². The molecule has 1 amide bonds. The summed E-state index contributed by atoms with van der Waals surface area (Å²) in [5.41, 5.74) is 0.986. The number of hydrogen-bond donors (Lipinski definition) is 1. The monoisotopic (exact) mass is 272 g/mol. The number of nitrogens with zero attached hydrogens (tertiary/aromatic N) is 1. The second-order valence-electron chi connectivity index (χ2n) is 4.58. The van der Waals surface area contributed by atoms with Crippen LogP contribution in [0.1, 0.15) is 5.56 Å². The van der Waals surface area contributed by atoms with Gasteiger partial charge in [-0.1, -0.05) is 24.8 Å². The topological polar surface area (TPSA) is 41.6 Å². The summed E-state index contributed by atoms with van der Waals surface area (Å²) in [6, 6.07) is 7.64. The third kappa shape index (κ3) is 4.24. The van der Waals surface area contributed by atoms with E-state index in [0.29, 0.717) is 6.61 Å². The van der Waals surface area contributed by atoms with Gasteiger partial charge in [0.1, 0.15) is 12.4 Å². The van der Waals surface area contributed by atoms with E-state index in [0.717, 1.165) is 37.5 Å². The number of piperazine rings is 1. The zero-order valence-corrected chi connectivity index (χ0v) is 11.5. The summed E-state index contributed by atoms with van der Waals surface area (Å²) in [6.07, 6.45) is 5.17. The first-order chi connectivity index (χ1) is 9.79. The Morgan fingerprint density at radius 1 is 1.30 bits per heavy atom. The predicted octanol–water partition coefficient (Wildman–Crippen LogP) is 1.70. The molecule has 0 aromatic heterocycles. The average Bonchev–Trinajstić information content (AvgIpc) is 2.52. The smallest absolute Gasteiger partial charge is 0.246 e. The van der Waals surface area contributed by atoms with Crippen LogP contribution < -0.4 is 10.1 Å². The van der Waals surface area contributed by atoms with Gasteiger partial charge in [-0.3, -0.25) is 4.79 Å². The van der Waals surface area contributed by atoms with Gasteiger partial charge in [0.15, 0.2) is 0 Å². The van der Waals surface area contributed by atoms with Gasteiger partial charge in [0.05, 0.1) is 0 Å². The van der Waals surface area contributed by atoms with E-state index in [4.69, 9.17) is 4.74 Å². The van der Waals surface area contributed by atoms with E-state index in [9.17, 15) is 4.79 Å². The van der Waals surface area contributed by atoms with Crippen LogP contribution in [0, 0.1) is 0 Å². The van der Waals surface area contributed by atoms with Gasteiger partial charge >= 0.3 is 0 Å². The fourth-order valence-corrected chi connectivity index (χ4v) is 1.99. The third-order valence-corrected chi connectivity index (χ3v) is 3.09. The molecule has 106 valence electrons. The van der Waals surface area contributed by atoms with E-state index in [1.165, 1.54) is 0 Å². The summed E-state index contributed by atoms with van der Waals surface area (Å²) in [5.74, 6) is 0.869. The molecular formula is C16H20N2O2. The van der Waals surface area contributed by atoms with Gasteiger partial charge in [0, 0.05) is 32.3 Å². The number of nitrogens with one attached hydrogen (secondary N) is 1. The number of benzene rings is 1. The van der Waals surface area contributed by atoms with Crippen molar-refractivity contribution < 1.29 is 9.53 Å². The maximum absolute atomic E-state index is 12.0. The molecule has 1 fully saturated rings. The summed E-state index contributed by atoms with van der Waals surface area (Å²) in [4.78, 5) is 13.8. The lowest BCUT2D eigenvalue weighted by Crippen LogP contribution is -2.45. The van der Waals surface area contributed by atoms with E-state index < -0.39 is 0 Å². The summed E-state index contributed by atoms with van der Waals surface area (Å²) < 4.78 is 5.41. The van der Waals surface area contributed by atoms with Crippen LogP contribution in [0.2, 0.25) is 0 Å². The number of hydrogen-bond acceptors (Lipinski definition) is 3. The van der Waals surface area contributed by atoms with Crippen molar-refractivity contribution >= 4 is 12.0 Å². The molecule has 1 aliphatic rings. The number of carbonyl (C=O) groups is 1. The highest BCUT2D eigenvalue weighted by Crippen LogP contribution is 2.13. The van der Waals surface area contributed by atoms with E-state index in [1.807, 2.05) is 35.2 Å². The molecule has 1 aromatic carbocycles. The Kier molecular flexibility index (Phi) is 5.38. The fraction of sp³-hybridized carbons (Fsp3) is 0.312. The van der Waals surface area contributed by atoms with E-state index in [-0.39, 0.29) is 5.91 Å². The highest BCUT2D eigenvalue weighted by Gasteiger charge is 2.12. The molecule has 0 atom stereocenters. The second kappa shape index (κ2) is 7.50. The van der Waals surface area contributed by atoms with Gasteiger partial charge in [-0.05, 0) is 23.8 Å². The van der Waals surface area contributed by atoms with Crippen molar-refractivity contribution in [3.63, 3.8) is 0 Å². The third-order valence-electron chi connectivity index (χ3n) is 3.09. The van der Waals surface area contributed by atoms with Crippen LogP contribution in [0.4, 0.5) is 0 Å². The molecule has 1 N–H and O–H groups in total. The van der Waals surface area contributed by atoms with Crippen LogP contribution >= 0.6 is 0 Å². The Balaban J connectivity index is 1.89. The van der Waals surface area contributed by atoms with Crippen molar-refractivity contribution in [3.8, 4) is 5.75 Å². The van der Waals surface area contributed by atoms with Gasteiger partial charge in [-0.2, -0.15) is 0 Å². The Morgan fingerprint density at radius 2 is 2.00 bits per heavy atom. The van der Waals surface area contributed by atoms with Gasteiger partial charge in [0.2, 0.25) is 5.91 Å². The minimum Gasteiger partial charge on any atom is -0.490 e. The lowest BCUT2D eigenvalue weighted by atomic mass is 10.2. The molecule has 4 heteroatoms. The van der Waals surface area contributed by atoms with Gasteiger partial charge in [0.25, 0.3) is 0 Å². The van der Waals surface area contributed by atoms with Crippen molar-refractivity contribution in [2.24, 2.45) is 0 Å². The molecule has 1 aromatic rings. The van der Waals surface area contributed by atoms with Crippen molar-refractivity contribution in [1.82, 2.24) is 10.2 Å². The molecule has 0 aliphatic carbocycles. The summed E-state index contributed by atoms with van der Waals surface area (Å²) in [7, 11) is 0. The first-order valence-corrected chi connectivity index (χ1v) is 6.81. The standard InChI is InChI=1S/C16H20N2O2/c1-2-13-20-15-6-3-14(4-7-15)5-8-16(19)18-11-9-17-10-12-18/h2-8,17H,1,9-13H2. The number of amides is 1. The quantitative estimate of drug-likeness (QED) is 0.655. The molecule has 0 spiro atoms. The molecular weight excluding hydrogens is 252 g/mol. The minimum absolute atomic E-state index is 0.0680. The molecule has 0 bridgehead atoms. The molecule has 2 rings (SSSR count). The van der Waals surface area contributed by atoms with Crippen LogP contribution in [0.25, 0.3) is 6.08 Å². The maximum atomic E-state index is 12.0. The largest absolute Gasteiger partial charge is 0.490 e. The summed E-state index contributed by atoms with van der Waals surface area (Å²) >= 11 is 0. The molecule has 4 nitrogen and oxygen atoms in total. The van der Waals surface area contributed by atoms with Crippen molar-refractivity contribution in [1.29, 1.82) is 0 Å². The van der Waals surface area contributed by atoms with E-state index in [1.54, 1.807) is 12.2 Å². The predicted molar refractivity (Wildman–Crippen MR) is 80.6 cm³/mol. The van der Waals surface area contributed by atoms with E-state index >= 15 is 0 Å². The Bertz CT molecular complexity index is 474. The number of carbonyl (C=O) groups excluding carboxylic acids is 1. The first kappa shape index (κ1) is 14.3. The zero-order chi connectivity index (χ0) is 14.2. The number of ether oxygens (including phenoxy) is 1. The summed E-state index contributed by atoms with van der Waals surface area (Å²) in [5, 5.41) is 3.23. The first-order valence-electron chi connectivity index (χ1n) is 6.81. The van der Waals surface area contributed by atoms with Gasteiger partial charge in [-0.25, -0.2) is 0 Å². The summed E-state index contributed by atoms with van der Waals surface area (Å²) in [6.45, 7) is 7.39. The van der Waals surface area contributed by atoms with Crippen molar-refractivity contribution in [2.75, 3.05) is 32.8 Å². The average molecular weight is 272 g/mol. The lowest BCUT2D eigenvalue weighted by Gasteiger charge is -2.26. The van der Waals surface area contributed by atoms with Gasteiger partial charge in [-0.15, -0.1) is 0 Å². The van der Waals surface area contributed by atoms with Crippen LogP contribution in [-0.2, 0) is 4.79 Å². The molecule has 0 radical (unpaired) electrons. The highest BCUT2D eigenvalue weighted by molar-refractivity contribution is 5.91. The molecule has 0 saturated carbocycles. The normalized spacial score (nSPS) is 15.3. The van der Waals surface area contributed by atoms with E-state index in [2.05, 4.69) is 11.9 Å². The van der Waals surface area contributed by atoms with Crippen LogP contribution in [0.15, 0.2) is 43.0 Å². The fourth-order valence-electron chi connectivity index (χ4n) is 1.99. The minimum atomic E-state index is 0.0680.